The van der Waals surface area contributed by atoms with Crippen molar-refractivity contribution in [2.75, 3.05) is 0 Å². The van der Waals surface area contributed by atoms with Gasteiger partial charge in [0.15, 0.2) is 0 Å². The molecule has 0 radical (unpaired) electrons. The summed E-state index contributed by atoms with van der Waals surface area (Å²) in [6.45, 7) is 26.3. The molecule has 11 heteroatoms. The van der Waals surface area contributed by atoms with Crippen molar-refractivity contribution in [3.05, 3.63) is 36.5 Å². The number of hydrogen-bond donors (Lipinski definition) is 0. The Morgan fingerprint density at radius 1 is 0.667 bits per heavy atom. The predicted octanol–water partition coefficient (Wildman–Crippen LogP) is 0.0787. The van der Waals surface area contributed by atoms with Gasteiger partial charge in [-0.25, -0.2) is 0 Å². The summed E-state index contributed by atoms with van der Waals surface area (Å²) in [6.07, 6.45) is 0. The monoisotopic (exact) mass is 474 g/mol. The van der Waals surface area contributed by atoms with E-state index in [2.05, 4.69) is 69.3 Å². The SMILES string of the molecule is C=C(C)C(=O)[O-].C=C(C)C(=O)[O-].C=C(C)C(=O)[O-].C[Si](C)(C)OC([Si+3])O[Si](C)(C)C. The van der Waals surface area contributed by atoms with Gasteiger partial charge in [-0.15, -0.1) is 0 Å². The minimum atomic E-state index is -1.47. The van der Waals surface area contributed by atoms with Crippen molar-refractivity contribution in [1.29, 1.82) is 0 Å². The van der Waals surface area contributed by atoms with Crippen LogP contribution >= 0.6 is 0 Å². The van der Waals surface area contributed by atoms with E-state index < -0.39 is 34.5 Å². The minimum absolute atomic E-state index is 0.0648. The average molecular weight is 475 g/mol. The number of rotatable bonds is 7. The van der Waals surface area contributed by atoms with Crippen LogP contribution in [0.25, 0.3) is 0 Å². The van der Waals surface area contributed by atoms with Crippen LogP contribution in [0.15, 0.2) is 36.5 Å². The third kappa shape index (κ3) is 40.8. The molecule has 0 fully saturated rings. The summed E-state index contributed by atoms with van der Waals surface area (Å²) in [5.41, 5.74) is 0.194. The van der Waals surface area contributed by atoms with Crippen molar-refractivity contribution in [2.24, 2.45) is 0 Å². The van der Waals surface area contributed by atoms with Crippen molar-refractivity contribution in [1.82, 2.24) is 0 Å². The fourth-order valence-electron chi connectivity index (χ4n) is 0.666. The fourth-order valence-corrected chi connectivity index (χ4v) is 4.26. The Hall–Kier alpha value is -1.80. The Kier molecular flexibility index (Phi) is 20.1. The summed E-state index contributed by atoms with van der Waals surface area (Å²) >= 11 is 0. The number of carbonyl (C=O) groups excluding carboxylic acids is 3. The zero-order valence-corrected chi connectivity index (χ0v) is 22.5. The second-order valence-corrected chi connectivity index (χ2v) is 17.4. The maximum atomic E-state index is 9.49. The number of carboxylic acid groups (broad SMARTS) is 3. The summed E-state index contributed by atoms with van der Waals surface area (Å²) in [6, 6.07) is 0. The number of hydrogen-bond acceptors (Lipinski definition) is 8. The molecule has 0 aliphatic heterocycles. The summed E-state index contributed by atoms with van der Waals surface area (Å²) in [5, 5.41) is 28.5. The van der Waals surface area contributed by atoms with E-state index in [0.717, 1.165) is 0 Å². The molecule has 0 bridgehead atoms. The Bertz CT molecular complexity index is 493. The third-order valence-corrected chi connectivity index (χ3v) is 4.52. The van der Waals surface area contributed by atoms with Crippen molar-refractivity contribution in [3.8, 4) is 0 Å². The Balaban J connectivity index is -0.000000161. The van der Waals surface area contributed by atoms with Crippen LogP contribution in [0.2, 0.25) is 39.3 Å². The van der Waals surface area contributed by atoms with Crippen molar-refractivity contribution >= 4 is 44.8 Å². The van der Waals surface area contributed by atoms with Crippen LogP contribution in [-0.4, -0.2) is 50.7 Å². The topological polar surface area (TPSA) is 139 Å². The maximum absolute atomic E-state index is 9.49. The van der Waals surface area contributed by atoms with E-state index in [0.29, 0.717) is 0 Å². The average Bonchev–Trinajstić information content (AvgIpc) is 2.44. The predicted molar refractivity (Wildman–Crippen MR) is 118 cm³/mol. The first-order chi connectivity index (χ1) is 13.0. The standard InChI is InChI=1S/C7H19O2Si3.3C4H6O2/c1-11(2,3)8-7(10)9-12(4,5)6;3*1-3(2)4(5)6/h7H,1-6H3;3*1H2,2H3,(H,5,6)/q+3;;;/p-3. The van der Waals surface area contributed by atoms with Gasteiger partial charge < -0.3 is 29.7 Å². The van der Waals surface area contributed by atoms with Crippen LogP contribution in [-0.2, 0) is 23.2 Å². The zero-order chi connectivity index (χ0) is 25.5. The second kappa shape index (κ2) is 16.9. The molecule has 0 aliphatic carbocycles. The molecule has 30 heavy (non-hydrogen) atoms. The van der Waals surface area contributed by atoms with E-state index in [1.165, 1.54) is 20.8 Å². The summed E-state index contributed by atoms with van der Waals surface area (Å²) in [4.78, 5) is 28.5. The van der Waals surface area contributed by atoms with Crippen molar-refractivity contribution < 1.29 is 38.6 Å². The van der Waals surface area contributed by atoms with Gasteiger partial charge in [0.25, 0.3) is 0 Å². The molecule has 0 aromatic carbocycles. The van der Waals surface area contributed by atoms with E-state index >= 15 is 0 Å². The molecule has 0 heterocycles. The number of aliphatic carboxylic acids is 3. The molecule has 170 valence electrons. The molecule has 0 aliphatic rings. The van der Waals surface area contributed by atoms with Gasteiger partial charge in [-0.3, -0.25) is 0 Å². The van der Waals surface area contributed by atoms with Gasteiger partial charge in [0.1, 0.15) is 0 Å². The van der Waals surface area contributed by atoms with Gasteiger partial charge in [0.2, 0.25) is 0 Å². The molecule has 0 amide bonds. The quantitative estimate of drug-likeness (QED) is 0.287. The molecule has 0 aromatic heterocycles. The van der Waals surface area contributed by atoms with Gasteiger partial charge in [0.05, 0.1) is 17.9 Å². The van der Waals surface area contributed by atoms with Crippen LogP contribution in [0.4, 0.5) is 0 Å². The fraction of sp³-hybridized carbons (Fsp3) is 0.526. The molecule has 0 N–H and O–H groups in total. The first kappa shape index (κ1) is 35.6. The van der Waals surface area contributed by atoms with Gasteiger partial charge >= 0.3 is 80.9 Å². The molecule has 0 spiro atoms. The summed E-state index contributed by atoms with van der Waals surface area (Å²) < 4.78 is 11.4. The first-order valence-corrected chi connectivity index (χ1v) is 16.1. The van der Waals surface area contributed by atoms with E-state index in [4.69, 9.17) is 8.85 Å². The van der Waals surface area contributed by atoms with E-state index in [-0.39, 0.29) is 22.6 Å². The van der Waals surface area contributed by atoms with Crippen molar-refractivity contribution in [2.45, 2.75) is 66.0 Å². The van der Waals surface area contributed by atoms with Crippen molar-refractivity contribution in [3.63, 3.8) is 0 Å². The second-order valence-electron chi connectivity index (χ2n) is 8.00. The van der Waals surface area contributed by atoms with Gasteiger partial charge in [0, 0.05) is 0 Å². The van der Waals surface area contributed by atoms with Gasteiger partial charge in [-0.05, 0) is 37.5 Å². The summed E-state index contributed by atoms with van der Waals surface area (Å²) in [7, 11) is 0.483. The van der Waals surface area contributed by atoms with Crippen LogP contribution < -0.4 is 15.3 Å². The summed E-state index contributed by atoms with van der Waals surface area (Å²) in [5.74, 6) is -3.77. The molecule has 8 nitrogen and oxygen atoms in total. The normalized spacial score (nSPS) is 10.1. The zero-order valence-electron chi connectivity index (χ0n) is 19.5. The van der Waals surface area contributed by atoms with E-state index in [9.17, 15) is 29.7 Å². The van der Waals surface area contributed by atoms with E-state index in [1.54, 1.807) is 0 Å². The Morgan fingerprint density at radius 2 is 0.800 bits per heavy atom. The van der Waals surface area contributed by atoms with Crippen LogP contribution in [0.3, 0.4) is 0 Å². The van der Waals surface area contributed by atoms with E-state index in [1.807, 2.05) is 0 Å². The van der Waals surface area contributed by atoms with Crippen LogP contribution in [0.1, 0.15) is 20.8 Å². The van der Waals surface area contributed by atoms with Crippen LogP contribution in [0, 0.1) is 0 Å². The van der Waals surface area contributed by atoms with Gasteiger partial charge in [-0.1, -0.05) is 19.7 Å². The van der Waals surface area contributed by atoms with Crippen LogP contribution in [0.5, 0.6) is 0 Å². The Morgan fingerprint density at radius 3 is 0.867 bits per heavy atom. The molecular weight excluding hydrogens is 440 g/mol. The first-order valence-electron chi connectivity index (χ1n) is 8.70. The van der Waals surface area contributed by atoms with Gasteiger partial charge in [-0.2, -0.15) is 0 Å². The molecule has 0 unspecified atom stereocenters. The third-order valence-electron chi connectivity index (χ3n) is 1.97. The molecule has 0 rings (SSSR count). The molecule has 0 aromatic rings. The molecular formula is C19H34O8Si3. The molecule has 0 atom stereocenters. The Labute approximate surface area is 186 Å². The number of carbonyl (C=O) groups is 3. The molecule has 0 saturated heterocycles. The number of carboxylic acids is 3. The molecule has 0 saturated carbocycles.